The highest BCUT2D eigenvalue weighted by molar-refractivity contribution is 7.90. The van der Waals surface area contributed by atoms with Crippen molar-refractivity contribution in [1.82, 2.24) is 14.3 Å². The van der Waals surface area contributed by atoms with Crippen molar-refractivity contribution in [2.75, 3.05) is 6.61 Å². The summed E-state index contributed by atoms with van der Waals surface area (Å²) >= 11 is 6.00. The molecule has 7 nitrogen and oxygen atoms in total. The fraction of sp³-hybridized carbons (Fsp3) is 0.200. The molecule has 11 heteroatoms. The van der Waals surface area contributed by atoms with E-state index in [1.807, 2.05) is 11.6 Å². The fourth-order valence-electron chi connectivity index (χ4n) is 2.75. The summed E-state index contributed by atoms with van der Waals surface area (Å²) < 4.78 is 62.0. The number of halogens is 3. The Morgan fingerprint density at radius 2 is 1.90 bits per heavy atom. The SMILES string of the molecule is CCCOc1ccc(Cl)c(S(=O)(=O)NC(=O)c2cn(C)c(-c3c(F)cccc3F)n2)c1. The zero-order valence-electron chi connectivity index (χ0n) is 16.5. The third kappa shape index (κ3) is 4.86. The molecule has 31 heavy (non-hydrogen) atoms. The minimum absolute atomic E-state index is 0.112. The van der Waals surface area contributed by atoms with E-state index in [1.54, 1.807) is 0 Å². The van der Waals surface area contributed by atoms with E-state index in [4.69, 9.17) is 16.3 Å². The van der Waals surface area contributed by atoms with Gasteiger partial charge >= 0.3 is 0 Å². The van der Waals surface area contributed by atoms with E-state index in [0.717, 1.165) is 18.3 Å². The second-order valence-corrected chi connectivity index (χ2v) is 8.59. The van der Waals surface area contributed by atoms with Crippen LogP contribution in [0.25, 0.3) is 11.4 Å². The van der Waals surface area contributed by atoms with Crippen molar-refractivity contribution >= 4 is 27.5 Å². The number of sulfonamides is 1. The van der Waals surface area contributed by atoms with Crippen molar-refractivity contribution in [3.8, 4) is 17.1 Å². The number of nitrogens with one attached hydrogen (secondary N) is 1. The van der Waals surface area contributed by atoms with Crippen molar-refractivity contribution < 1.29 is 26.7 Å². The van der Waals surface area contributed by atoms with E-state index in [9.17, 15) is 22.0 Å². The number of ether oxygens (including phenoxy) is 1. The number of aromatic nitrogens is 2. The van der Waals surface area contributed by atoms with E-state index in [-0.39, 0.29) is 27.2 Å². The number of hydrogen-bond donors (Lipinski definition) is 1. The highest BCUT2D eigenvalue weighted by atomic mass is 35.5. The van der Waals surface area contributed by atoms with Gasteiger partial charge in [0, 0.05) is 19.3 Å². The number of aryl methyl sites for hydroxylation is 1. The van der Waals surface area contributed by atoms with E-state index in [1.165, 1.54) is 35.9 Å². The van der Waals surface area contributed by atoms with Crippen molar-refractivity contribution in [2.45, 2.75) is 18.2 Å². The van der Waals surface area contributed by atoms with Crippen LogP contribution in [0.4, 0.5) is 8.78 Å². The zero-order valence-corrected chi connectivity index (χ0v) is 18.1. The Bertz CT molecular complexity index is 1220. The molecule has 0 saturated heterocycles. The maximum absolute atomic E-state index is 14.1. The van der Waals surface area contributed by atoms with Gasteiger partial charge in [0.25, 0.3) is 15.9 Å². The predicted octanol–water partition coefficient (Wildman–Crippen LogP) is 3.93. The van der Waals surface area contributed by atoms with Crippen molar-refractivity contribution in [2.24, 2.45) is 7.05 Å². The van der Waals surface area contributed by atoms with Crippen LogP contribution in [-0.4, -0.2) is 30.5 Å². The van der Waals surface area contributed by atoms with Crippen LogP contribution in [0.1, 0.15) is 23.8 Å². The summed E-state index contributed by atoms with van der Waals surface area (Å²) in [5, 5.41) is -0.112. The first-order chi connectivity index (χ1) is 14.6. The van der Waals surface area contributed by atoms with Crippen LogP contribution < -0.4 is 9.46 Å². The third-order valence-electron chi connectivity index (χ3n) is 4.19. The summed E-state index contributed by atoms with van der Waals surface area (Å²) in [7, 11) is -2.96. The third-order valence-corrected chi connectivity index (χ3v) is 6.00. The molecule has 2 aromatic carbocycles. The van der Waals surface area contributed by atoms with E-state index in [0.29, 0.717) is 13.0 Å². The van der Waals surface area contributed by atoms with Crippen molar-refractivity contribution in [1.29, 1.82) is 0 Å². The van der Waals surface area contributed by atoms with Crippen LogP contribution in [0.2, 0.25) is 5.02 Å². The lowest BCUT2D eigenvalue weighted by atomic mass is 10.2. The van der Waals surface area contributed by atoms with Gasteiger partial charge in [-0.25, -0.2) is 26.9 Å². The molecule has 1 aromatic heterocycles. The summed E-state index contributed by atoms with van der Waals surface area (Å²) in [4.78, 5) is 16.1. The Hall–Kier alpha value is -2.98. The molecular formula is C20H18ClF2N3O4S. The van der Waals surface area contributed by atoms with E-state index in [2.05, 4.69) is 4.98 Å². The van der Waals surface area contributed by atoms with Crippen LogP contribution in [0, 0.1) is 11.6 Å². The molecule has 3 rings (SSSR count). The summed E-state index contributed by atoms with van der Waals surface area (Å²) in [5.74, 6) is -2.73. The molecule has 3 aromatic rings. The van der Waals surface area contributed by atoms with Gasteiger partial charge in [-0.3, -0.25) is 4.79 Å². The minimum atomic E-state index is -4.38. The van der Waals surface area contributed by atoms with Gasteiger partial charge in [0.05, 0.1) is 17.2 Å². The molecule has 0 aliphatic carbocycles. The average molecular weight is 470 g/mol. The average Bonchev–Trinajstić information content (AvgIpc) is 3.08. The second kappa shape index (κ2) is 9.03. The van der Waals surface area contributed by atoms with Crippen LogP contribution in [0.5, 0.6) is 5.75 Å². The number of amides is 1. The summed E-state index contributed by atoms with van der Waals surface area (Å²) in [6, 6.07) is 7.34. The smallest absolute Gasteiger partial charge is 0.285 e. The minimum Gasteiger partial charge on any atom is -0.494 e. The number of benzene rings is 2. The molecule has 0 saturated carbocycles. The molecule has 0 radical (unpaired) electrons. The maximum atomic E-state index is 14.1. The monoisotopic (exact) mass is 469 g/mol. The number of carbonyl (C=O) groups excluding carboxylic acids is 1. The first-order valence-corrected chi connectivity index (χ1v) is 11.0. The van der Waals surface area contributed by atoms with E-state index < -0.39 is 33.1 Å². The van der Waals surface area contributed by atoms with Gasteiger partial charge in [-0.15, -0.1) is 0 Å². The molecule has 0 aliphatic heterocycles. The summed E-state index contributed by atoms with van der Waals surface area (Å²) in [6.07, 6.45) is 1.88. The van der Waals surface area contributed by atoms with Gasteiger partial charge in [-0.2, -0.15) is 0 Å². The van der Waals surface area contributed by atoms with Crippen LogP contribution in [0.15, 0.2) is 47.5 Å². The van der Waals surface area contributed by atoms with Crippen LogP contribution >= 0.6 is 11.6 Å². The largest absolute Gasteiger partial charge is 0.494 e. The highest BCUT2D eigenvalue weighted by Gasteiger charge is 2.25. The zero-order chi connectivity index (χ0) is 22.8. The number of carbonyl (C=O) groups is 1. The molecule has 0 unspecified atom stereocenters. The molecule has 0 atom stereocenters. The quantitative estimate of drug-likeness (QED) is 0.566. The Kier molecular flexibility index (Phi) is 6.61. The Morgan fingerprint density at radius 3 is 2.55 bits per heavy atom. The molecule has 1 N–H and O–H groups in total. The number of nitrogens with zero attached hydrogens (tertiary/aromatic N) is 2. The topological polar surface area (TPSA) is 90.3 Å². The Morgan fingerprint density at radius 1 is 1.23 bits per heavy atom. The highest BCUT2D eigenvalue weighted by Crippen LogP contribution is 2.27. The number of rotatable bonds is 7. The Labute approximate surface area is 182 Å². The van der Waals surface area contributed by atoms with Gasteiger partial charge in [0.2, 0.25) is 0 Å². The van der Waals surface area contributed by atoms with Gasteiger partial charge in [0.15, 0.2) is 0 Å². The van der Waals surface area contributed by atoms with Gasteiger partial charge in [-0.1, -0.05) is 24.6 Å². The normalized spacial score (nSPS) is 11.4. The first-order valence-electron chi connectivity index (χ1n) is 9.11. The van der Waals surface area contributed by atoms with Crippen LogP contribution in [-0.2, 0) is 17.1 Å². The van der Waals surface area contributed by atoms with Crippen molar-refractivity contribution in [3.05, 3.63) is 64.9 Å². The predicted molar refractivity (Wildman–Crippen MR) is 110 cm³/mol. The van der Waals surface area contributed by atoms with Crippen LogP contribution in [0.3, 0.4) is 0 Å². The molecule has 0 aliphatic rings. The second-order valence-electron chi connectivity index (χ2n) is 6.53. The molecule has 164 valence electrons. The Balaban J connectivity index is 1.90. The maximum Gasteiger partial charge on any atom is 0.285 e. The lowest BCUT2D eigenvalue weighted by Crippen LogP contribution is -2.31. The first kappa shape index (κ1) is 22.7. The van der Waals surface area contributed by atoms with Gasteiger partial charge < -0.3 is 9.30 Å². The van der Waals surface area contributed by atoms with Gasteiger partial charge in [-0.05, 0) is 30.7 Å². The molecule has 0 bridgehead atoms. The standard InChI is InChI=1S/C20H18ClF2N3O4S/c1-3-9-30-12-7-8-13(21)17(10-12)31(28,29)25-20(27)16-11-26(2)19(24-16)18-14(22)5-4-6-15(18)23/h4-8,10-11H,3,9H2,1-2H3,(H,25,27). The number of imidazole rings is 1. The lowest BCUT2D eigenvalue weighted by molar-refractivity contribution is 0.0977. The number of hydrogen-bond acceptors (Lipinski definition) is 5. The van der Waals surface area contributed by atoms with Crippen molar-refractivity contribution in [3.63, 3.8) is 0 Å². The summed E-state index contributed by atoms with van der Waals surface area (Å²) in [5.41, 5.74) is -0.783. The molecule has 0 spiro atoms. The molecule has 1 amide bonds. The fourth-order valence-corrected chi connectivity index (χ4v) is 4.23. The summed E-state index contributed by atoms with van der Waals surface area (Å²) in [6.45, 7) is 2.26. The lowest BCUT2D eigenvalue weighted by Gasteiger charge is -2.10. The molecule has 1 heterocycles. The molecular weight excluding hydrogens is 452 g/mol. The molecule has 0 fully saturated rings. The van der Waals surface area contributed by atoms with Gasteiger partial charge in [0.1, 0.15) is 33.8 Å². The van der Waals surface area contributed by atoms with E-state index >= 15 is 0 Å².